The molecule has 25 heavy (non-hydrogen) atoms. The second-order valence-corrected chi connectivity index (χ2v) is 12.4. The van der Waals surface area contributed by atoms with E-state index in [0.29, 0.717) is 0 Å². The smallest absolute Gasteiger partial charge is 0.0690 e. The third-order valence-corrected chi connectivity index (χ3v) is 6.26. The first-order chi connectivity index (χ1) is 11.4. The predicted octanol–water partition coefficient (Wildman–Crippen LogP) is 6.11. The average Bonchev–Trinajstić information content (AvgIpc) is 2.49. The minimum atomic E-state index is -1.04. The first kappa shape index (κ1) is 22.0. The van der Waals surface area contributed by atoms with Crippen molar-refractivity contribution >= 4 is 31.3 Å². The van der Waals surface area contributed by atoms with Crippen LogP contribution in [0.3, 0.4) is 0 Å². The topological polar surface area (TPSA) is 0 Å². The molecule has 0 bridgehead atoms. The molecular weight excluding hydrogens is 318 g/mol. The van der Waals surface area contributed by atoms with Crippen molar-refractivity contribution in [1.82, 2.24) is 0 Å². The summed E-state index contributed by atoms with van der Waals surface area (Å²) in [5.74, 6) is 0. The lowest BCUT2D eigenvalue weighted by Crippen LogP contribution is -2.33. The maximum Gasteiger partial charge on any atom is 0.0690 e. The lowest BCUT2D eigenvalue weighted by Gasteiger charge is -2.46. The molecule has 1 aromatic rings. The van der Waals surface area contributed by atoms with Crippen LogP contribution >= 0.6 is 10.0 Å². The number of benzene rings is 1. The van der Waals surface area contributed by atoms with E-state index in [1.54, 1.807) is 0 Å². The first-order valence-electron chi connectivity index (χ1n) is 8.73. The summed E-state index contributed by atoms with van der Waals surface area (Å²) in [5, 5.41) is -0.899. The van der Waals surface area contributed by atoms with Gasteiger partial charge in [0.25, 0.3) is 0 Å². The molecule has 0 aliphatic rings. The molecule has 0 aliphatic carbocycles. The quantitative estimate of drug-likeness (QED) is 0.444. The molecule has 0 unspecified atom stereocenters. The highest BCUT2D eigenvalue weighted by molar-refractivity contribution is 8.35. The molecule has 4 radical (unpaired) electrons. The Kier molecular flexibility index (Phi) is 7.10. The summed E-state index contributed by atoms with van der Waals surface area (Å²) >= 11 is 0. The van der Waals surface area contributed by atoms with Gasteiger partial charge in [-0.2, -0.15) is 0 Å². The minimum Gasteiger partial charge on any atom is -0.223 e. The Morgan fingerprint density at radius 3 is 1.80 bits per heavy atom. The van der Waals surface area contributed by atoms with E-state index in [-0.39, 0.29) is 5.41 Å². The normalized spacial score (nSPS) is 16.1. The Labute approximate surface area is 160 Å². The van der Waals surface area contributed by atoms with E-state index in [1.807, 2.05) is 13.0 Å². The summed E-state index contributed by atoms with van der Waals surface area (Å²) < 4.78 is 0. The maximum absolute atomic E-state index is 6.66. The molecular formula is C22H32B2S. The van der Waals surface area contributed by atoms with Crippen LogP contribution in [0.15, 0.2) is 59.0 Å². The van der Waals surface area contributed by atoms with Crippen LogP contribution in [-0.2, 0) is 0 Å². The Morgan fingerprint density at radius 2 is 1.44 bits per heavy atom. The molecule has 1 rings (SSSR count). The average molecular weight is 350 g/mol. The molecule has 0 saturated heterocycles. The van der Waals surface area contributed by atoms with E-state index < -0.39 is 15.2 Å². The van der Waals surface area contributed by atoms with Gasteiger partial charge in [-0.25, -0.2) is 10.0 Å². The molecule has 3 heteroatoms. The van der Waals surface area contributed by atoms with Crippen LogP contribution in [0.2, 0.25) is 5.21 Å². The summed E-state index contributed by atoms with van der Waals surface area (Å²) in [4.78, 5) is 1.26. The maximum atomic E-state index is 6.66. The summed E-state index contributed by atoms with van der Waals surface area (Å²) in [5.41, 5.74) is 3.19. The fourth-order valence-electron chi connectivity index (χ4n) is 2.68. The predicted molar refractivity (Wildman–Crippen MR) is 121 cm³/mol. The standard InChI is InChI=1S/C22H32B2S/c1-9-17(18-14-12-11-13-15-18)16-20(25(6,7)8)19(10-2)22(23,24)21(3,4)5/h9-16H,1-8H3/b17-9-,19-10+,20-16+. The fourth-order valence-corrected chi connectivity index (χ4v) is 4.11. The highest BCUT2D eigenvalue weighted by Gasteiger charge is 2.37. The van der Waals surface area contributed by atoms with Crippen molar-refractivity contribution in [3.05, 3.63) is 64.6 Å². The largest absolute Gasteiger partial charge is 0.223 e. The van der Waals surface area contributed by atoms with E-state index in [2.05, 4.69) is 89.0 Å². The van der Waals surface area contributed by atoms with Crippen molar-refractivity contribution in [3.63, 3.8) is 0 Å². The van der Waals surface area contributed by atoms with E-state index in [9.17, 15) is 0 Å². The van der Waals surface area contributed by atoms with Crippen LogP contribution in [0, 0.1) is 5.41 Å². The molecule has 0 amide bonds. The van der Waals surface area contributed by atoms with E-state index in [4.69, 9.17) is 15.7 Å². The summed E-state index contributed by atoms with van der Waals surface area (Å²) in [7, 11) is 12.3. The Hall–Kier alpha value is -1.08. The van der Waals surface area contributed by atoms with Crippen LogP contribution < -0.4 is 0 Å². The van der Waals surface area contributed by atoms with Gasteiger partial charge >= 0.3 is 0 Å². The van der Waals surface area contributed by atoms with Crippen molar-refractivity contribution in [2.75, 3.05) is 18.8 Å². The lowest BCUT2D eigenvalue weighted by molar-refractivity contribution is 0.380. The second kappa shape index (κ2) is 8.08. The zero-order chi connectivity index (χ0) is 19.5. The van der Waals surface area contributed by atoms with Gasteiger partial charge in [-0.1, -0.05) is 74.0 Å². The molecule has 0 spiro atoms. The second-order valence-electron chi connectivity index (χ2n) is 8.28. The van der Waals surface area contributed by atoms with Gasteiger partial charge in [0, 0.05) is 0 Å². The molecule has 0 aromatic heterocycles. The first-order valence-corrected chi connectivity index (χ1v) is 11.6. The van der Waals surface area contributed by atoms with Gasteiger partial charge in [-0.05, 0) is 60.1 Å². The summed E-state index contributed by atoms with van der Waals surface area (Å²) in [6.45, 7) is 10.4. The van der Waals surface area contributed by atoms with Gasteiger partial charge < -0.3 is 0 Å². The number of hydrogen-bond donors (Lipinski definition) is 0. The van der Waals surface area contributed by atoms with Crippen molar-refractivity contribution in [2.24, 2.45) is 5.41 Å². The molecule has 0 aliphatic heterocycles. The van der Waals surface area contributed by atoms with Gasteiger partial charge in [0.05, 0.1) is 15.7 Å². The molecule has 0 heterocycles. The van der Waals surface area contributed by atoms with Crippen molar-refractivity contribution in [1.29, 1.82) is 0 Å². The monoisotopic (exact) mass is 350 g/mol. The van der Waals surface area contributed by atoms with Crippen LogP contribution in [0.1, 0.15) is 40.2 Å². The highest BCUT2D eigenvalue weighted by Crippen LogP contribution is 2.58. The van der Waals surface area contributed by atoms with Crippen LogP contribution in [0.5, 0.6) is 0 Å². The third-order valence-electron chi connectivity index (χ3n) is 4.61. The number of allylic oxidation sites excluding steroid dienone is 5. The zero-order valence-corrected chi connectivity index (χ0v) is 18.0. The van der Waals surface area contributed by atoms with Crippen LogP contribution in [0.25, 0.3) is 5.57 Å². The van der Waals surface area contributed by atoms with Gasteiger partial charge in [0.2, 0.25) is 0 Å². The molecule has 1 aromatic carbocycles. The zero-order valence-electron chi connectivity index (χ0n) is 17.2. The van der Waals surface area contributed by atoms with Gasteiger partial charge in [0.1, 0.15) is 0 Å². The highest BCUT2D eigenvalue weighted by atomic mass is 32.3. The minimum absolute atomic E-state index is 0.249. The molecule has 0 atom stereocenters. The van der Waals surface area contributed by atoms with Crippen molar-refractivity contribution in [2.45, 2.75) is 39.8 Å². The molecule has 0 nitrogen and oxygen atoms in total. The van der Waals surface area contributed by atoms with E-state index in [1.165, 1.54) is 16.0 Å². The van der Waals surface area contributed by atoms with Crippen LogP contribution in [-0.4, -0.2) is 34.5 Å². The lowest BCUT2D eigenvalue weighted by atomic mass is 9.40. The SMILES string of the molecule is [B]C([B])(C(=C/C)/C(=C\C(=C\C)c1ccccc1)S(C)(C)C)C(C)(C)C. The van der Waals surface area contributed by atoms with E-state index in [0.717, 1.165) is 5.57 Å². The molecule has 132 valence electrons. The molecule has 0 fully saturated rings. The Bertz CT molecular complexity index is 666. The van der Waals surface area contributed by atoms with Crippen molar-refractivity contribution < 1.29 is 0 Å². The third kappa shape index (κ3) is 5.20. The van der Waals surface area contributed by atoms with E-state index >= 15 is 0 Å². The van der Waals surface area contributed by atoms with Crippen LogP contribution in [0.4, 0.5) is 0 Å². The number of rotatable bonds is 5. The fraction of sp³-hybridized carbons (Fsp3) is 0.455. The van der Waals surface area contributed by atoms with Gasteiger partial charge in [-0.15, -0.1) is 0 Å². The van der Waals surface area contributed by atoms with Gasteiger partial charge in [0.15, 0.2) is 0 Å². The molecule has 0 N–H and O–H groups in total. The molecule has 0 saturated carbocycles. The summed E-state index contributed by atoms with van der Waals surface area (Å²) in [6.07, 6.45) is 13.4. The van der Waals surface area contributed by atoms with Gasteiger partial charge in [-0.3, -0.25) is 0 Å². The number of hydrogen-bond acceptors (Lipinski definition) is 0. The Morgan fingerprint density at radius 1 is 0.920 bits per heavy atom. The van der Waals surface area contributed by atoms with Crippen molar-refractivity contribution in [3.8, 4) is 0 Å². The Balaban J connectivity index is 3.59. The summed E-state index contributed by atoms with van der Waals surface area (Å²) in [6, 6.07) is 10.5.